The zero-order valence-electron chi connectivity index (χ0n) is 13.9. The van der Waals surface area contributed by atoms with Gasteiger partial charge in [-0.1, -0.05) is 39.8 Å². The molecule has 4 heteroatoms. The van der Waals surface area contributed by atoms with Gasteiger partial charge >= 0.3 is 0 Å². The minimum Gasteiger partial charge on any atom is -0.356 e. The van der Waals surface area contributed by atoms with Crippen LogP contribution in [0.4, 0.5) is 5.69 Å². The quantitative estimate of drug-likeness (QED) is 0.909. The molecular weight excluding hydrogens is 276 g/mol. The van der Waals surface area contributed by atoms with Crippen LogP contribution in [0.3, 0.4) is 0 Å². The Kier molecular flexibility index (Phi) is 5.22. The molecule has 0 aliphatic carbocycles. The SMILES string of the molecule is CC(C)CNC(=O)[C@@H]1CC(=O)N(c2ccc(C(C)C)cc2)C1. The van der Waals surface area contributed by atoms with Gasteiger partial charge in [-0.15, -0.1) is 0 Å². The molecule has 1 fully saturated rings. The van der Waals surface area contributed by atoms with Crippen LogP contribution in [0.5, 0.6) is 0 Å². The fraction of sp³-hybridized carbons (Fsp3) is 0.556. The fourth-order valence-electron chi connectivity index (χ4n) is 2.62. The van der Waals surface area contributed by atoms with Gasteiger partial charge in [0.2, 0.25) is 11.8 Å². The van der Waals surface area contributed by atoms with Gasteiger partial charge in [-0.2, -0.15) is 0 Å². The highest BCUT2D eigenvalue weighted by Gasteiger charge is 2.34. The molecule has 1 aliphatic heterocycles. The Balaban J connectivity index is 2.01. The van der Waals surface area contributed by atoms with Gasteiger partial charge in [0, 0.05) is 25.2 Å². The van der Waals surface area contributed by atoms with Crippen molar-refractivity contribution >= 4 is 17.5 Å². The van der Waals surface area contributed by atoms with Gasteiger partial charge in [0.1, 0.15) is 0 Å². The van der Waals surface area contributed by atoms with Gasteiger partial charge in [0.05, 0.1) is 5.92 Å². The van der Waals surface area contributed by atoms with E-state index >= 15 is 0 Å². The first-order valence-corrected chi connectivity index (χ1v) is 8.06. The summed E-state index contributed by atoms with van der Waals surface area (Å²) in [6.45, 7) is 9.54. The lowest BCUT2D eigenvalue weighted by Gasteiger charge is -2.18. The number of nitrogens with one attached hydrogen (secondary N) is 1. The normalized spacial score (nSPS) is 18.4. The van der Waals surface area contributed by atoms with Gasteiger partial charge in [0.15, 0.2) is 0 Å². The maximum atomic E-state index is 12.2. The number of carbonyl (C=O) groups excluding carboxylic acids is 2. The molecule has 0 aromatic heterocycles. The van der Waals surface area contributed by atoms with E-state index in [-0.39, 0.29) is 17.7 Å². The average Bonchev–Trinajstić information content (AvgIpc) is 2.87. The first-order chi connectivity index (χ1) is 10.4. The summed E-state index contributed by atoms with van der Waals surface area (Å²) in [4.78, 5) is 26.0. The second-order valence-electron chi connectivity index (χ2n) is 6.79. The average molecular weight is 302 g/mol. The maximum Gasteiger partial charge on any atom is 0.227 e. The molecule has 1 aromatic carbocycles. The van der Waals surface area contributed by atoms with E-state index in [0.717, 1.165) is 5.69 Å². The Hall–Kier alpha value is -1.84. The molecule has 4 nitrogen and oxygen atoms in total. The molecule has 22 heavy (non-hydrogen) atoms. The second-order valence-corrected chi connectivity index (χ2v) is 6.79. The van der Waals surface area contributed by atoms with Crippen molar-refractivity contribution in [2.75, 3.05) is 18.0 Å². The Morgan fingerprint density at radius 3 is 2.41 bits per heavy atom. The van der Waals surface area contributed by atoms with Crippen molar-refractivity contribution in [2.24, 2.45) is 11.8 Å². The zero-order valence-corrected chi connectivity index (χ0v) is 13.9. The number of hydrogen-bond donors (Lipinski definition) is 1. The standard InChI is InChI=1S/C18H26N2O2/c1-12(2)10-19-18(22)15-9-17(21)20(11-15)16-7-5-14(6-8-16)13(3)4/h5-8,12-13,15H,9-11H2,1-4H3,(H,19,22)/t15-/m1/s1. The lowest BCUT2D eigenvalue weighted by Crippen LogP contribution is -2.35. The molecule has 0 unspecified atom stereocenters. The molecule has 1 atom stereocenters. The molecule has 1 heterocycles. The maximum absolute atomic E-state index is 12.2. The largest absolute Gasteiger partial charge is 0.356 e. The number of anilines is 1. The summed E-state index contributed by atoms with van der Waals surface area (Å²) in [5.74, 6) is 0.667. The van der Waals surface area contributed by atoms with Crippen LogP contribution in [-0.4, -0.2) is 24.9 Å². The number of hydrogen-bond acceptors (Lipinski definition) is 2. The van der Waals surface area contributed by atoms with E-state index in [1.165, 1.54) is 5.56 Å². The zero-order chi connectivity index (χ0) is 16.3. The van der Waals surface area contributed by atoms with Crippen LogP contribution < -0.4 is 10.2 Å². The summed E-state index contributed by atoms with van der Waals surface area (Å²) in [7, 11) is 0. The Morgan fingerprint density at radius 2 is 1.86 bits per heavy atom. The van der Waals surface area contributed by atoms with E-state index in [4.69, 9.17) is 0 Å². The van der Waals surface area contributed by atoms with Crippen LogP contribution in [0.2, 0.25) is 0 Å². The van der Waals surface area contributed by atoms with Crippen LogP contribution >= 0.6 is 0 Å². The number of carbonyl (C=O) groups is 2. The van der Waals surface area contributed by atoms with Crippen LogP contribution in [0.15, 0.2) is 24.3 Å². The molecule has 1 aliphatic rings. The first kappa shape index (κ1) is 16.5. The van der Waals surface area contributed by atoms with Crippen LogP contribution in [0.1, 0.15) is 45.6 Å². The van der Waals surface area contributed by atoms with E-state index in [2.05, 4.69) is 45.1 Å². The third kappa shape index (κ3) is 3.87. The molecule has 0 bridgehead atoms. The summed E-state index contributed by atoms with van der Waals surface area (Å²) in [6.07, 6.45) is 0.301. The summed E-state index contributed by atoms with van der Waals surface area (Å²) < 4.78 is 0. The van der Waals surface area contributed by atoms with Crippen molar-refractivity contribution in [2.45, 2.75) is 40.0 Å². The molecule has 0 radical (unpaired) electrons. The molecular formula is C18H26N2O2. The highest BCUT2D eigenvalue weighted by atomic mass is 16.2. The molecule has 2 amide bonds. The molecule has 0 saturated carbocycles. The summed E-state index contributed by atoms with van der Waals surface area (Å²) in [6, 6.07) is 8.06. The van der Waals surface area contributed by atoms with Crippen molar-refractivity contribution in [3.05, 3.63) is 29.8 Å². The van der Waals surface area contributed by atoms with Crippen molar-refractivity contribution in [3.8, 4) is 0 Å². The number of benzene rings is 1. The first-order valence-electron chi connectivity index (χ1n) is 8.06. The molecule has 120 valence electrons. The van der Waals surface area contributed by atoms with Gasteiger partial charge < -0.3 is 10.2 Å². The van der Waals surface area contributed by atoms with Crippen molar-refractivity contribution in [1.82, 2.24) is 5.32 Å². The van der Waals surface area contributed by atoms with Gasteiger partial charge in [-0.25, -0.2) is 0 Å². The van der Waals surface area contributed by atoms with Crippen LogP contribution in [0.25, 0.3) is 0 Å². The number of amides is 2. The van der Waals surface area contributed by atoms with Crippen LogP contribution in [-0.2, 0) is 9.59 Å². The van der Waals surface area contributed by atoms with Gasteiger partial charge in [-0.05, 0) is 29.5 Å². The topological polar surface area (TPSA) is 49.4 Å². The third-order valence-corrected chi connectivity index (χ3v) is 4.05. The molecule has 1 saturated heterocycles. The van der Waals surface area contributed by atoms with Gasteiger partial charge in [0.25, 0.3) is 0 Å². The monoisotopic (exact) mass is 302 g/mol. The predicted octanol–water partition coefficient (Wildman–Crippen LogP) is 2.94. The van der Waals surface area contributed by atoms with Gasteiger partial charge in [-0.3, -0.25) is 9.59 Å². The van der Waals surface area contributed by atoms with Crippen molar-refractivity contribution in [3.63, 3.8) is 0 Å². The Bertz CT molecular complexity index is 535. The molecule has 1 N–H and O–H groups in total. The summed E-state index contributed by atoms with van der Waals surface area (Å²) in [5.41, 5.74) is 2.13. The minimum absolute atomic E-state index is 0.0108. The fourth-order valence-corrected chi connectivity index (χ4v) is 2.62. The Labute approximate surface area is 132 Å². The van der Waals surface area contributed by atoms with Crippen molar-refractivity contribution in [1.29, 1.82) is 0 Å². The van der Waals surface area contributed by atoms with E-state index in [0.29, 0.717) is 31.3 Å². The minimum atomic E-state index is -0.240. The Morgan fingerprint density at radius 1 is 1.23 bits per heavy atom. The summed E-state index contributed by atoms with van der Waals surface area (Å²) in [5, 5.41) is 2.92. The van der Waals surface area contributed by atoms with E-state index < -0.39 is 0 Å². The second kappa shape index (κ2) is 6.95. The molecule has 2 rings (SSSR count). The number of nitrogens with zero attached hydrogens (tertiary/aromatic N) is 1. The predicted molar refractivity (Wildman–Crippen MR) is 88.8 cm³/mol. The summed E-state index contributed by atoms with van der Waals surface area (Å²) >= 11 is 0. The molecule has 0 spiro atoms. The third-order valence-electron chi connectivity index (χ3n) is 4.05. The highest BCUT2D eigenvalue weighted by Crippen LogP contribution is 2.26. The van der Waals surface area contributed by atoms with Crippen molar-refractivity contribution < 1.29 is 9.59 Å². The van der Waals surface area contributed by atoms with Crippen LogP contribution in [0, 0.1) is 11.8 Å². The lowest BCUT2D eigenvalue weighted by molar-refractivity contribution is -0.126. The van der Waals surface area contributed by atoms with E-state index in [9.17, 15) is 9.59 Å². The number of rotatable bonds is 5. The highest BCUT2D eigenvalue weighted by molar-refractivity contribution is 6.00. The van der Waals surface area contributed by atoms with E-state index in [1.807, 2.05) is 12.1 Å². The lowest BCUT2D eigenvalue weighted by atomic mass is 10.0. The smallest absolute Gasteiger partial charge is 0.227 e. The van der Waals surface area contributed by atoms with E-state index in [1.54, 1.807) is 4.90 Å². The molecule has 1 aromatic rings.